The van der Waals surface area contributed by atoms with Crippen LogP contribution in [0.25, 0.3) is 0 Å². The van der Waals surface area contributed by atoms with E-state index < -0.39 is 17.2 Å². The van der Waals surface area contributed by atoms with Crippen LogP contribution in [0.2, 0.25) is 0 Å². The number of benzene rings is 1. The molecule has 0 saturated heterocycles. The standard InChI is InChI=1S/C16H22F2O/c1-11(2)6-12-4-3-5-16(19,10-12)13-7-14(17)9-15(18)8-13/h7-9,11-12,19H,3-6,10H2,1-2H3. The molecule has 1 nitrogen and oxygen atoms in total. The first kappa shape index (κ1) is 14.4. The summed E-state index contributed by atoms with van der Waals surface area (Å²) in [5.41, 5.74) is -0.681. The highest BCUT2D eigenvalue weighted by molar-refractivity contribution is 5.25. The molecule has 0 aromatic heterocycles. The number of hydrogen-bond acceptors (Lipinski definition) is 1. The molecule has 0 bridgehead atoms. The molecule has 0 amide bonds. The highest BCUT2D eigenvalue weighted by Gasteiger charge is 2.36. The molecule has 1 aliphatic rings. The van der Waals surface area contributed by atoms with Crippen molar-refractivity contribution in [2.75, 3.05) is 0 Å². The van der Waals surface area contributed by atoms with Crippen molar-refractivity contribution in [3.8, 4) is 0 Å². The fourth-order valence-electron chi connectivity index (χ4n) is 3.32. The van der Waals surface area contributed by atoms with Crippen LogP contribution in [-0.4, -0.2) is 5.11 Å². The maximum atomic E-state index is 13.3. The third-order valence-corrected chi connectivity index (χ3v) is 4.03. The monoisotopic (exact) mass is 268 g/mol. The molecule has 2 unspecified atom stereocenters. The molecule has 1 fully saturated rings. The van der Waals surface area contributed by atoms with Gasteiger partial charge in [0.25, 0.3) is 0 Å². The topological polar surface area (TPSA) is 20.2 Å². The first-order chi connectivity index (χ1) is 8.89. The molecule has 1 aromatic carbocycles. The van der Waals surface area contributed by atoms with Gasteiger partial charge in [0.1, 0.15) is 11.6 Å². The minimum absolute atomic E-state index is 0.387. The molecular formula is C16H22F2O. The van der Waals surface area contributed by atoms with E-state index in [0.717, 1.165) is 25.3 Å². The Hall–Kier alpha value is -0.960. The van der Waals surface area contributed by atoms with Gasteiger partial charge < -0.3 is 5.11 Å². The van der Waals surface area contributed by atoms with Crippen LogP contribution in [0.5, 0.6) is 0 Å². The summed E-state index contributed by atoms with van der Waals surface area (Å²) in [5, 5.41) is 10.7. The van der Waals surface area contributed by atoms with Gasteiger partial charge in [0, 0.05) is 6.07 Å². The molecule has 2 rings (SSSR count). The van der Waals surface area contributed by atoms with Gasteiger partial charge in [-0.1, -0.05) is 20.3 Å². The van der Waals surface area contributed by atoms with Gasteiger partial charge in [0.2, 0.25) is 0 Å². The smallest absolute Gasteiger partial charge is 0.126 e. The van der Waals surface area contributed by atoms with Gasteiger partial charge in [-0.15, -0.1) is 0 Å². The highest BCUT2D eigenvalue weighted by atomic mass is 19.1. The zero-order valence-electron chi connectivity index (χ0n) is 11.6. The number of rotatable bonds is 3. The van der Waals surface area contributed by atoms with Crippen LogP contribution < -0.4 is 0 Å². The van der Waals surface area contributed by atoms with Gasteiger partial charge in [0.15, 0.2) is 0 Å². The first-order valence-corrected chi connectivity index (χ1v) is 7.08. The summed E-state index contributed by atoms with van der Waals surface area (Å²) in [6.45, 7) is 4.32. The molecule has 1 aliphatic carbocycles. The Kier molecular flexibility index (Phi) is 4.24. The van der Waals surface area contributed by atoms with Crippen LogP contribution in [-0.2, 0) is 5.60 Å². The lowest BCUT2D eigenvalue weighted by Crippen LogP contribution is -2.33. The molecule has 106 valence electrons. The van der Waals surface area contributed by atoms with Gasteiger partial charge in [-0.3, -0.25) is 0 Å². The molecular weight excluding hydrogens is 246 g/mol. The van der Waals surface area contributed by atoms with Gasteiger partial charge in [0.05, 0.1) is 5.60 Å². The van der Waals surface area contributed by atoms with Crippen molar-refractivity contribution in [2.45, 2.75) is 51.6 Å². The van der Waals surface area contributed by atoms with E-state index in [1.807, 2.05) is 0 Å². The third kappa shape index (κ3) is 3.53. The lowest BCUT2D eigenvalue weighted by molar-refractivity contribution is -0.0249. The molecule has 1 aromatic rings. The second-order valence-electron chi connectivity index (χ2n) is 6.28. The van der Waals surface area contributed by atoms with Crippen LogP contribution in [0.1, 0.15) is 51.5 Å². The van der Waals surface area contributed by atoms with Gasteiger partial charge in [-0.2, -0.15) is 0 Å². The second-order valence-corrected chi connectivity index (χ2v) is 6.28. The van der Waals surface area contributed by atoms with E-state index in [1.165, 1.54) is 12.1 Å². The summed E-state index contributed by atoms with van der Waals surface area (Å²) in [6, 6.07) is 3.38. The Morgan fingerprint density at radius 3 is 2.47 bits per heavy atom. The van der Waals surface area contributed by atoms with Crippen LogP contribution in [0.3, 0.4) is 0 Å². The fourth-order valence-corrected chi connectivity index (χ4v) is 3.32. The van der Waals surface area contributed by atoms with Gasteiger partial charge in [-0.05, 0) is 55.2 Å². The van der Waals surface area contributed by atoms with Crippen molar-refractivity contribution >= 4 is 0 Å². The van der Waals surface area contributed by atoms with Crippen LogP contribution in [0, 0.1) is 23.5 Å². The van der Waals surface area contributed by atoms with E-state index in [2.05, 4.69) is 13.8 Å². The average molecular weight is 268 g/mol. The van der Waals surface area contributed by atoms with Crippen molar-refractivity contribution in [3.05, 3.63) is 35.4 Å². The van der Waals surface area contributed by atoms with E-state index >= 15 is 0 Å². The molecule has 0 spiro atoms. The minimum atomic E-state index is -1.07. The van der Waals surface area contributed by atoms with E-state index in [-0.39, 0.29) is 0 Å². The third-order valence-electron chi connectivity index (χ3n) is 4.03. The molecule has 2 atom stereocenters. The predicted octanol–water partition coefficient (Wildman–Crippen LogP) is 4.39. The molecule has 1 saturated carbocycles. The van der Waals surface area contributed by atoms with E-state index in [9.17, 15) is 13.9 Å². The maximum Gasteiger partial charge on any atom is 0.126 e. The van der Waals surface area contributed by atoms with Crippen LogP contribution in [0.15, 0.2) is 18.2 Å². The molecule has 0 radical (unpaired) electrons. The lowest BCUT2D eigenvalue weighted by Gasteiger charge is -2.38. The van der Waals surface area contributed by atoms with Crippen molar-refractivity contribution in [2.24, 2.45) is 11.8 Å². The Labute approximate surface area is 113 Å². The molecule has 0 aliphatic heterocycles. The van der Waals surface area contributed by atoms with Gasteiger partial charge in [-0.25, -0.2) is 8.78 Å². The molecule has 3 heteroatoms. The zero-order chi connectivity index (χ0) is 14.0. The maximum absolute atomic E-state index is 13.3. The summed E-state index contributed by atoms with van der Waals surface area (Å²) in [6.07, 6.45) is 4.25. The summed E-state index contributed by atoms with van der Waals surface area (Å²) >= 11 is 0. The lowest BCUT2D eigenvalue weighted by atomic mass is 9.72. The van der Waals surface area contributed by atoms with Crippen molar-refractivity contribution < 1.29 is 13.9 Å². The average Bonchev–Trinajstić information content (AvgIpc) is 2.26. The number of aliphatic hydroxyl groups is 1. The Balaban J connectivity index is 2.21. The zero-order valence-corrected chi connectivity index (χ0v) is 11.6. The minimum Gasteiger partial charge on any atom is -0.385 e. The number of halogens is 2. The first-order valence-electron chi connectivity index (χ1n) is 7.08. The molecule has 0 heterocycles. The summed E-state index contributed by atoms with van der Waals surface area (Å²) in [5.74, 6) is -0.217. The van der Waals surface area contributed by atoms with Crippen molar-refractivity contribution in [1.82, 2.24) is 0 Å². The quantitative estimate of drug-likeness (QED) is 0.862. The highest BCUT2D eigenvalue weighted by Crippen LogP contribution is 2.42. The van der Waals surface area contributed by atoms with Gasteiger partial charge >= 0.3 is 0 Å². The normalized spacial score (nSPS) is 27.8. The fraction of sp³-hybridized carbons (Fsp3) is 0.625. The van der Waals surface area contributed by atoms with Crippen molar-refractivity contribution in [3.63, 3.8) is 0 Å². The predicted molar refractivity (Wildman–Crippen MR) is 71.7 cm³/mol. The van der Waals surface area contributed by atoms with Crippen LogP contribution in [0.4, 0.5) is 8.78 Å². The molecule has 19 heavy (non-hydrogen) atoms. The van der Waals surface area contributed by atoms with E-state index in [1.54, 1.807) is 0 Å². The van der Waals surface area contributed by atoms with E-state index in [0.29, 0.717) is 30.2 Å². The number of hydrogen-bond donors (Lipinski definition) is 1. The Morgan fingerprint density at radius 2 is 1.89 bits per heavy atom. The Bertz CT molecular complexity index is 424. The Morgan fingerprint density at radius 1 is 1.26 bits per heavy atom. The summed E-state index contributed by atoms with van der Waals surface area (Å²) < 4.78 is 26.6. The van der Waals surface area contributed by atoms with Crippen LogP contribution >= 0.6 is 0 Å². The second kappa shape index (κ2) is 5.58. The SMILES string of the molecule is CC(C)CC1CCCC(O)(c2cc(F)cc(F)c2)C1. The summed E-state index contributed by atoms with van der Waals surface area (Å²) in [4.78, 5) is 0. The molecule has 1 N–H and O–H groups in total. The largest absolute Gasteiger partial charge is 0.385 e. The van der Waals surface area contributed by atoms with E-state index in [4.69, 9.17) is 0 Å². The van der Waals surface area contributed by atoms with Crippen molar-refractivity contribution in [1.29, 1.82) is 0 Å². The summed E-state index contributed by atoms with van der Waals surface area (Å²) in [7, 11) is 0.